The van der Waals surface area contributed by atoms with Gasteiger partial charge in [-0.15, -0.1) is 0 Å². The van der Waals surface area contributed by atoms with Crippen LogP contribution < -0.4 is 0 Å². The highest BCUT2D eigenvalue weighted by Crippen LogP contribution is 2.43. The van der Waals surface area contributed by atoms with E-state index in [0.29, 0.717) is 6.42 Å². The van der Waals surface area contributed by atoms with Gasteiger partial charge in [-0.3, -0.25) is 0 Å². The number of carbonyl (C=O) groups is 1. The third-order valence-corrected chi connectivity index (χ3v) is 4.35. The minimum atomic E-state index is -1.32. The summed E-state index contributed by atoms with van der Waals surface area (Å²) in [7, 11) is 0. The number of carboxylic acid groups (broad SMARTS) is 1. The second-order valence-electron chi connectivity index (χ2n) is 6.43. The Morgan fingerprint density at radius 2 is 1.81 bits per heavy atom. The predicted octanol–water partition coefficient (Wildman–Crippen LogP) is 1.17. The molecule has 1 rings (SSSR count). The van der Waals surface area contributed by atoms with Crippen LogP contribution >= 0.6 is 0 Å². The molecule has 1 fully saturated rings. The third-order valence-electron chi connectivity index (χ3n) is 4.35. The number of aliphatic hydroxyl groups is 2. The molecule has 0 unspecified atom stereocenters. The van der Waals surface area contributed by atoms with Crippen molar-refractivity contribution in [2.24, 2.45) is 10.8 Å². The minimum absolute atomic E-state index is 0.0687. The van der Waals surface area contributed by atoms with E-state index >= 15 is 0 Å². The summed E-state index contributed by atoms with van der Waals surface area (Å²) >= 11 is 0. The van der Waals surface area contributed by atoms with E-state index in [1.54, 1.807) is 13.8 Å². The highest BCUT2D eigenvalue weighted by atomic mass is 16.7. The van der Waals surface area contributed by atoms with Crippen LogP contribution in [0.3, 0.4) is 0 Å². The fraction of sp³-hybridized carbons (Fsp3) is 0.800. The Labute approximate surface area is 125 Å². The van der Waals surface area contributed by atoms with Crippen molar-refractivity contribution < 1.29 is 29.6 Å². The van der Waals surface area contributed by atoms with Crippen molar-refractivity contribution in [2.75, 3.05) is 26.4 Å². The first kappa shape index (κ1) is 18.1. The summed E-state index contributed by atoms with van der Waals surface area (Å²) in [5.74, 6) is -2.39. The largest absolute Gasteiger partial charge is 0.478 e. The molecule has 1 aliphatic rings. The second kappa shape index (κ2) is 6.44. The molecule has 21 heavy (non-hydrogen) atoms. The van der Waals surface area contributed by atoms with Gasteiger partial charge in [0.25, 0.3) is 0 Å². The van der Waals surface area contributed by atoms with E-state index in [1.165, 1.54) is 13.0 Å². The van der Waals surface area contributed by atoms with Gasteiger partial charge in [-0.25, -0.2) is 4.79 Å². The zero-order valence-corrected chi connectivity index (χ0v) is 13.2. The summed E-state index contributed by atoms with van der Waals surface area (Å²) in [6.07, 6.45) is 2.09. The monoisotopic (exact) mass is 302 g/mol. The van der Waals surface area contributed by atoms with Crippen LogP contribution in [0.5, 0.6) is 0 Å². The van der Waals surface area contributed by atoms with Crippen LogP contribution in [0.1, 0.15) is 34.1 Å². The number of aliphatic hydroxyl groups excluding tert-OH is 2. The van der Waals surface area contributed by atoms with Gasteiger partial charge in [-0.2, -0.15) is 0 Å². The maximum atomic E-state index is 11.1. The van der Waals surface area contributed by atoms with Crippen molar-refractivity contribution in [2.45, 2.75) is 39.9 Å². The van der Waals surface area contributed by atoms with Crippen LogP contribution in [-0.4, -0.2) is 53.5 Å². The summed E-state index contributed by atoms with van der Waals surface area (Å²) in [5, 5.41) is 28.2. The number of ether oxygens (including phenoxy) is 2. The first-order valence-corrected chi connectivity index (χ1v) is 7.10. The zero-order valence-electron chi connectivity index (χ0n) is 13.2. The molecule has 6 heteroatoms. The molecule has 6 nitrogen and oxygen atoms in total. The van der Waals surface area contributed by atoms with Crippen molar-refractivity contribution in [3.8, 4) is 0 Å². The Bertz CT molecular complexity index is 398. The average molecular weight is 302 g/mol. The summed E-state index contributed by atoms with van der Waals surface area (Å²) < 4.78 is 11.7. The first-order valence-electron chi connectivity index (χ1n) is 7.10. The lowest BCUT2D eigenvalue weighted by molar-refractivity contribution is -0.328. The lowest BCUT2D eigenvalue weighted by Crippen LogP contribution is -2.58. The molecular weight excluding hydrogens is 276 g/mol. The van der Waals surface area contributed by atoms with Gasteiger partial charge in [0.15, 0.2) is 5.79 Å². The lowest BCUT2D eigenvalue weighted by Gasteiger charge is -2.50. The van der Waals surface area contributed by atoms with Gasteiger partial charge in [0.05, 0.1) is 26.4 Å². The molecule has 122 valence electrons. The average Bonchev–Trinajstić information content (AvgIpc) is 2.48. The second-order valence-corrected chi connectivity index (χ2v) is 6.43. The molecule has 0 saturated carbocycles. The van der Waals surface area contributed by atoms with Crippen molar-refractivity contribution >= 4 is 5.97 Å². The van der Waals surface area contributed by atoms with Gasteiger partial charge >= 0.3 is 5.97 Å². The Morgan fingerprint density at radius 1 is 1.29 bits per heavy atom. The molecule has 3 N–H and O–H groups in total. The predicted molar refractivity (Wildman–Crippen MR) is 76.7 cm³/mol. The highest BCUT2D eigenvalue weighted by Gasteiger charge is 2.51. The Hall–Kier alpha value is -0.950. The van der Waals surface area contributed by atoms with Gasteiger partial charge in [0.1, 0.15) is 0 Å². The molecule has 0 radical (unpaired) electrons. The topological polar surface area (TPSA) is 96.2 Å². The van der Waals surface area contributed by atoms with Gasteiger partial charge in [-0.05, 0) is 19.4 Å². The van der Waals surface area contributed by atoms with Crippen LogP contribution in [0, 0.1) is 10.8 Å². The lowest BCUT2D eigenvalue weighted by atomic mass is 9.79. The number of hydrogen-bond donors (Lipinski definition) is 3. The molecule has 1 heterocycles. The SMILES string of the molecule is CCC1(CO)COC(C=C(C)C(=O)O)(C(C)(C)CO)OC1. The fourth-order valence-corrected chi connectivity index (χ4v) is 2.14. The van der Waals surface area contributed by atoms with E-state index in [1.807, 2.05) is 6.92 Å². The zero-order chi connectivity index (χ0) is 16.3. The van der Waals surface area contributed by atoms with Crippen LogP contribution in [-0.2, 0) is 14.3 Å². The Morgan fingerprint density at radius 3 is 2.14 bits per heavy atom. The number of rotatable bonds is 6. The maximum absolute atomic E-state index is 11.1. The molecule has 0 amide bonds. The molecule has 0 aromatic carbocycles. The molecule has 0 bridgehead atoms. The van der Waals surface area contributed by atoms with Gasteiger partial charge in [0, 0.05) is 16.4 Å². The van der Waals surface area contributed by atoms with Crippen molar-refractivity contribution in [1.29, 1.82) is 0 Å². The maximum Gasteiger partial charge on any atom is 0.331 e. The van der Waals surface area contributed by atoms with Gasteiger partial charge in [-0.1, -0.05) is 20.8 Å². The summed E-state index contributed by atoms with van der Waals surface area (Å²) in [6.45, 7) is 7.07. The summed E-state index contributed by atoms with van der Waals surface area (Å²) in [5.41, 5.74) is -1.22. The summed E-state index contributed by atoms with van der Waals surface area (Å²) in [4.78, 5) is 11.1. The van der Waals surface area contributed by atoms with E-state index in [-0.39, 0.29) is 32.0 Å². The van der Waals surface area contributed by atoms with E-state index in [4.69, 9.17) is 14.6 Å². The van der Waals surface area contributed by atoms with Crippen molar-refractivity contribution in [3.05, 3.63) is 11.6 Å². The Balaban J connectivity index is 3.15. The van der Waals surface area contributed by atoms with Crippen LogP contribution in [0.25, 0.3) is 0 Å². The highest BCUT2D eigenvalue weighted by molar-refractivity contribution is 5.86. The summed E-state index contributed by atoms with van der Waals surface area (Å²) in [6, 6.07) is 0. The molecule has 0 spiro atoms. The smallest absolute Gasteiger partial charge is 0.331 e. The van der Waals surface area contributed by atoms with Crippen LogP contribution in [0.4, 0.5) is 0 Å². The fourth-order valence-electron chi connectivity index (χ4n) is 2.14. The van der Waals surface area contributed by atoms with Gasteiger partial charge in [0.2, 0.25) is 0 Å². The quantitative estimate of drug-likeness (QED) is 0.637. The minimum Gasteiger partial charge on any atom is -0.478 e. The molecule has 0 aromatic heterocycles. The van der Waals surface area contributed by atoms with Crippen LogP contribution in [0.15, 0.2) is 11.6 Å². The number of aliphatic carboxylic acids is 1. The Kier molecular flexibility index (Phi) is 5.55. The van der Waals surface area contributed by atoms with Crippen LogP contribution in [0.2, 0.25) is 0 Å². The van der Waals surface area contributed by atoms with E-state index < -0.39 is 22.6 Å². The molecular formula is C15H26O6. The number of hydrogen-bond acceptors (Lipinski definition) is 5. The van der Waals surface area contributed by atoms with E-state index in [0.717, 1.165) is 0 Å². The van der Waals surface area contributed by atoms with Crippen molar-refractivity contribution in [1.82, 2.24) is 0 Å². The molecule has 0 aliphatic carbocycles. The normalized spacial score (nSPS) is 31.2. The molecule has 1 saturated heterocycles. The third kappa shape index (κ3) is 3.45. The van der Waals surface area contributed by atoms with Gasteiger partial charge < -0.3 is 24.8 Å². The standard InChI is InChI=1S/C15H26O6/c1-5-14(8-17)9-20-15(21-10-14,13(3,4)7-16)6-11(2)12(18)19/h6,16-17H,5,7-10H2,1-4H3,(H,18,19). The van der Waals surface area contributed by atoms with E-state index in [2.05, 4.69) is 0 Å². The molecule has 0 aromatic rings. The molecule has 0 atom stereocenters. The van der Waals surface area contributed by atoms with E-state index in [9.17, 15) is 15.0 Å². The number of carboxylic acids is 1. The first-order chi connectivity index (χ1) is 9.67. The molecule has 1 aliphatic heterocycles. The van der Waals surface area contributed by atoms with Crippen molar-refractivity contribution in [3.63, 3.8) is 0 Å².